The van der Waals surface area contributed by atoms with E-state index in [0.29, 0.717) is 36.9 Å². The van der Waals surface area contributed by atoms with Crippen LogP contribution in [0.15, 0.2) is 48.8 Å². The lowest BCUT2D eigenvalue weighted by Crippen LogP contribution is -2.56. The first kappa shape index (κ1) is 17.0. The number of piperazine rings is 1. The maximum absolute atomic E-state index is 12.5. The van der Waals surface area contributed by atoms with Crippen LogP contribution in [0.4, 0.5) is 4.79 Å². The van der Waals surface area contributed by atoms with Crippen LogP contribution in [-0.4, -0.2) is 55.4 Å². The van der Waals surface area contributed by atoms with Gasteiger partial charge in [-0.05, 0) is 36.4 Å². The fourth-order valence-electron chi connectivity index (χ4n) is 2.58. The molecule has 3 rings (SSSR count). The van der Waals surface area contributed by atoms with Gasteiger partial charge >= 0.3 is 6.09 Å². The molecule has 1 atom stereocenters. The summed E-state index contributed by atoms with van der Waals surface area (Å²) in [5.41, 5.74) is 0. The SMILES string of the molecule is COc1ccc(OC(=O)N2CCNCC2COc2cccnc2)cc1. The Bertz CT molecular complexity index is 678. The van der Waals surface area contributed by atoms with Crippen molar-refractivity contribution in [1.29, 1.82) is 0 Å². The van der Waals surface area contributed by atoms with E-state index in [-0.39, 0.29) is 12.1 Å². The minimum atomic E-state index is -0.383. The van der Waals surface area contributed by atoms with Crippen LogP contribution in [0.5, 0.6) is 17.2 Å². The van der Waals surface area contributed by atoms with Crippen LogP contribution in [0.3, 0.4) is 0 Å². The summed E-state index contributed by atoms with van der Waals surface area (Å²) in [7, 11) is 1.59. The Balaban J connectivity index is 1.60. The first-order chi connectivity index (χ1) is 12.3. The zero-order chi connectivity index (χ0) is 17.5. The summed E-state index contributed by atoms with van der Waals surface area (Å²) >= 11 is 0. The quantitative estimate of drug-likeness (QED) is 0.894. The number of nitrogens with one attached hydrogen (secondary N) is 1. The van der Waals surface area contributed by atoms with Gasteiger partial charge in [0, 0.05) is 25.8 Å². The van der Waals surface area contributed by atoms with E-state index in [9.17, 15) is 4.79 Å². The maximum atomic E-state index is 12.5. The van der Waals surface area contributed by atoms with Crippen LogP contribution in [0.25, 0.3) is 0 Å². The molecule has 25 heavy (non-hydrogen) atoms. The van der Waals surface area contributed by atoms with Gasteiger partial charge in [-0.2, -0.15) is 0 Å². The zero-order valence-corrected chi connectivity index (χ0v) is 14.1. The van der Waals surface area contributed by atoms with E-state index in [0.717, 1.165) is 6.54 Å². The van der Waals surface area contributed by atoms with Crippen molar-refractivity contribution in [2.75, 3.05) is 33.4 Å². The third-order valence-corrected chi connectivity index (χ3v) is 3.93. The number of nitrogens with zero attached hydrogens (tertiary/aromatic N) is 2. The van der Waals surface area contributed by atoms with Crippen LogP contribution < -0.4 is 19.5 Å². The average molecular weight is 343 g/mol. The molecule has 1 aliphatic rings. The number of hydrogen-bond acceptors (Lipinski definition) is 6. The molecule has 7 heteroatoms. The van der Waals surface area contributed by atoms with E-state index in [1.807, 2.05) is 12.1 Å². The molecule has 2 heterocycles. The van der Waals surface area contributed by atoms with Crippen molar-refractivity contribution >= 4 is 6.09 Å². The van der Waals surface area contributed by atoms with Crippen molar-refractivity contribution in [1.82, 2.24) is 15.2 Å². The van der Waals surface area contributed by atoms with Gasteiger partial charge in [-0.15, -0.1) is 0 Å². The average Bonchev–Trinajstić information content (AvgIpc) is 2.68. The molecular formula is C18H21N3O4. The summed E-state index contributed by atoms with van der Waals surface area (Å²) in [6.45, 7) is 2.31. The minimum absolute atomic E-state index is 0.111. The van der Waals surface area contributed by atoms with Crippen molar-refractivity contribution in [2.45, 2.75) is 6.04 Å². The third-order valence-electron chi connectivity index (χ3n) is 3.93. The Hall–Kier alpha value is -2.80. The van der Waals surface area contributed by atoms with Crippen molar-refractivity contribution in [3.05, 3.63) is 48.8 Å². The number of pyridine rings is 1. The Labute approximate surface area is 146 Å². The number of aromatic nitrogens is 1. The van der Waals surface area contributed by atoms with Crippen LogP contribution >= 0.6 is 0 Å². The third kappa shape index (κ3) is 4.60. The van der Waals surface area contributed by atoms with E-state index in [4.69, 9.17) is 14.2 Å². The summed E-state index contributed by atoms with van der Waals surface area (Å²) in [5, 5.41) is 3.27. The lowest BCUT2D eigenvalue weighted by Gasteiger charge is -2.35. The van der Waals surface area contributed by atoms with Crippen LogP contribution in [-0.2, 0) is 0 Å². The molecule has 1 saturated heterocycles. The van der Waals surface area contributed by atoms with Gasteiger partial charge in [0.2, 0.25) is 0 Å². The topological polar surface area (TPSA) is 72.9 Å². The molecule has 1 fully saturated rings. The van der Waals surface area contributed by atoms with Gasteiger partial charge in [-0.1, -0.05) is 0 Å². The summed E-state index contributed by atoms with van der Waals surface area (Å²) in [5.74, 6) is 1.87. The van der Waals surface area contributed by atoms with Crippen molar-refractivity contribution in [3.8, 4) is 17.2 Å². The lowest BCUT2D eigenvalue weighted by atomic mass is 10.2. The molecule has 1 unspecified atom stereocenters. The molecule has 0 aliphatic carbocycles. The lowest BCUT2D eigenvalue weighted by molar-refractivity contribution is 0.0953. The second-order valence-corrected chi connectivity index (χ2v) is 5.59. The number of benzene rings is 1. The van der Waals surface area contributed by atoms with Crippen LogP contribution in [0.1, 0.15) is 0 Å². The largest absolute Gasteiger partial charge is 0.497 e. The van der Waals surface area contributed by atoms with E-state index in [2.05, 4.69) is 10.3 Å². The number of methoxy groups -OCH3 is 1. The van der Waals surface area contributed by atoms with E-state index in [1.54, 1.807) is 48.7 Å². The fraction of sp³-hybridized carbons (Fsp3) is 0.333. The van der Waals surface area contributed by atoms with Gasteiger partial charge in [0.1, 0.15) is 23.9 Å². The van der Waals surface area contributed by atoms with E-state index >= 15 is 0 Å². The molecular weight excluding hydrogens is 322 g/mol. The number of amides is 1. The number of carbonyl (C=O) groups excluding carboxylic acids is 1. The first-order valence-corrected chi connectivity index (χ1v) is 8.12. The van der Waals surface area contributed by atoms with Gasteiger partial charge in [-0.3, -0.25) is 9.88 Å². The predicted molar refractivity (Wildman–Crippen MR) is 92.1 cm³/mol. The molecule has 2 aromatic rings. The van der Waals surface area contributed by atoms with Crippen molar-refractivity contribution < 1.29 is 19.0 Å². The Morgan fingerprint density at radius 1 is 1.24 bits per heavy atom. The number of hydrogen-bond donors (Lipinski definition) is 1. The highest BCUT2D eigenvalue weighted by atomic mass is 16.6. The van der Waals surface area contributed by atoms with Crippen molar-refractivity contribution in [3.63, 3.8) is 0 Å². The molecule has 1 N–H and O–H groups in total. The second kappa shape index (κ2) is 8.34. The maximum Gasteiger partial charge on any atom is 0.415 e. The normalized spacial score (nSPS) is 17.0. The smallest absolute Gasteiger partial charge is 0.415 e. The number of rotatable bonds is 5. The summed E-state index contributed by atoms with van der Waals surface area (Å²) < 4.78 is 16.3. The minimum Gasteiger partial charge on any atom is -0.497 e. The molecule has 1 amide bonds. The first-order valence-electron chi connectivity index (χ1n) is 8.12. The highest BCUT2D eigenvalue weighted by molar-refractivity contribution is 5.71. The monoisotopic (exact) mass is 343 g/mol. The van der Waals surface area contributed by atoms with Crippen molar-refractivity contribution in [2.24, 2.45) is 0 Å². The molecule has 1 aromatic carbocycles. The standard InChI is InChI=1S/C18H21N3O4/c1-23-15-4-6-16(7-5-15)25-18(22)21-10-9-20-11-14(21)13-24-17-3-2-8-19-12-17/h2-8,12,14,20H,9-11,13H2,1H3. The highest BCUT2D eigenvalue weighted by Crippen LogP contribution is 2.19. The number of carbonyl (C=O) groups is 1. The molecule has 0 saturated carbocycles. The fourth-order valence-corrected chi connectivity index (χ4v) is 2.58. The van der Waals surface area contributed by atoms with E-state index < -0.39 is 0 Å². The summed E-state index contributed by atoms with van der Waals surface area (Å²) in [6, 6.07) is 10.5. The van der Waals surface area contributed by atoms with E-state index in [1.165, 1.54) is 0 Å². The Morgan fingerprint density at radius 3 is 2.76 bits per heavy atom. The van der Waals surface area contributed by atoms with Gasteiger partial charge in [0.05, 0.1) is 19.3 Å². The Morgan fingerprint density at radius 2 is 2.04 bits per heavy atom. The molecule has 7 nitrogen and oxygen atoms in total. The summed E-state index contributed by atoms with van der Waals surface area (Å²) in [4.78, 5) is 18.2. The summed E-state index contributed by atoms with van der Waals surface area (Å²) in [6.07, 6.45) is 2.95. The molecule has 0 bridgehead atoms. The van der Waals surface area contributed by atoms with Gasteiger partial charge < -0.3 is 19.5 Å². The molecule has 0 radical (unpaired) electrons. The second-order valence-electron chi connectivity index (χ2n) is 5.59. The van der Waals surface area contributed by atoms with Crippen LogP contribution in [0.2, 0.25) is 0 Å². The van der Waals surface area contributed by atoms with Crippen LogP contribution in [0, 0.1) is 0 Å². The molecule has 1 aliphatic heterocycles. The predicted octanol–water partition coefficient (Wildman–Crippen LogP) is 1.94. The highest BCUT2D eigenvalue weighted by Gasteiger charge is 2.28. The van der Waals surface area contributed by atoms with Gasteiger partial charge in [-0.25, -0.2) is 4.79 Å². The number of ether oxygens (including phenoxy) is 3. The molecule has 132 valence electrons. The van der Waals surface area contributed by atoms with Gasteiger partial charge in [0.15, 0.2) is 0 Å². The molecule has 1 aromatic heterocycles. The Kier molecular flexibility index (Phi) is 5.69. The van der Waals surface area contributed by atoms with Gasteiger partial charge in [0.25, 0.3) is 0 Å². The molecule has 0 spiro atoms. The zero-order valence-electron chi connectivity index (χ0n) is 14.1.